The van der Waals surface area contributed by atoms with Gasteiger partial charge in [0, 0.05) is 64.8 Å². The molecule has 13 rings (SSSR count). The Morgan fingerprint density at radius 1 is 0.437 bits per heavy atom. The number of alkyl carbamates (subject to hydrolysis) is 1. The molecule has 3 aromatic rings. The lowest BCUT2D eigenvalue weighted by molar-refractivity contribution is -0.138. The van der Waals surface area contributed by atoms with Crippen molar-refractivity contribution in [3.63, 3.8) is 0 Å². The highest BCUT2D eigenvalue weighted by Crippen LogP contribution is 2.42. The zero-order valence-electron chi connectivity index (χ0n) is 66.1. The molecule has 15 N–H and O–H groups in total. The molecule has 5 saturated heterocycles. The summed E-state index contributed by atoms with van der Waals surface area (Å²) in [7, 11) is 0. The number of ether oxygens (including phenoxy) is 6. The van der Waals surface area contributed by atoms with Crippen LogP contribution in [0, 0.1) is 22.1 Å². The van der Waals surface area contributed by atoms with Gasteiger partial charge in [-0.05, 0) is 185 Å². The minimum absolute atomic E-state index is 0.0315. The predicted molar refractivity (Wildman–Crippen MR) is 412 cm³/mol. The summed E-state index contributed by atoms with van der Waals surface area (Å²) in [6.45, 7) is 4.89. The van der Waals surface area contributed by atoms with Gasteiger partial charge in [-0.25, -0.2) is 28.8 Å². The summed E-state index contributed by atoms with van der Waals surface area (Å²) in [5.41, 5.74) is 10.3. The van der Waals surface area contributed by atoms with E-state index in [1.807, 2.05) is 6.07 Å². The van der Waals surface area contributed by atoms with E-state index in [0.29, 0.717) is 143 Å². The van der Waals surface area contributed by atoms with Crippen LogP contribution in [-0.2, 0) is 57.2 Å². The Bertz CT molecular complexity index is 4390. The van der Waals surface area contributed by atoms with Gasteiger partial charge in [0.1, 0.15) is 83.8 Å². The zero-order chi connectivity index (χ0) is 87.0. The average Bonchev–Trinajstić information content (AvgIpc) is 1.68. The molecular weight excluding hydrogens is 1560 g/mol. The number of carbonyl (C=O) groups is 15. The maximum absolute atomic E-state index is 12.7. The first kappa shape index (κ1) is 90.2. The van der Waals surface area contributed by atoms with E-state index < -0.39 is 100 Å². The third-order valence-corrected chi connectivity index (χ3v) is 22.0. The first-order valence-electron chi connectivity index (χ1n) is 38.9. The van der Waals surface area contributed by atoms with Crippen LogP contribution >= 0.6 is 0 Å². The van der Waals surface area contributed by atoms with Gasteiger partial charge in [-0.2, -0.15) is 5.26 Å². The third-order valence-electron chi connectivity index (χ3n) is 22.0. The highest BCUT2D eigenvalue weighted by Gasteiger charge is 2.53. The minimum Gasteiger partial charge on any atom is -0.480 e. The molecule has 5 aliphatic carbocycles. The highest BCUT2D eigenvalue weighted by atomic mass is 16.6. The number of amidine groups is 2. The Morgan fingerprint density at radius 2 is 0.689 bits per heavy atom. The number of nitrogens with zero attached hydrogens (tertiary/aromatic N) is 6. The monoisotopic (exact) mass is 1660 g/mol. The van der Waals surface area contributed by atoms with Crippen molar-refractivity contribution < 1.29 is 126 Å². The predicted octanol–water partition coefficient (Wildman–Crippen LogP) is 5.48. The molecule has 0 unspecified atom stereocenters. The van der Waals surface area contributed by atoms with Crippen LogP contribution in [0.25, 0.3) is 0 Å². The van der Waals surface area contributed by atoms with Crippen LogP contribution in [0.1, 0.15) is 197 Å². The Morgan fingerprint density at radius 3 is 0.950 bits per heavy atom. The number of carboxylic acid groups (broad SMARTS) is 5. The van der Waals surface area contributed by atoms with Crippen molar-refractivity contribution in [2.24, 2.45) is 11.5 Å². The topological polar surface area (TPSA) is 600 Å². The molecule has 3 aromatic carbocycles. The molecule has 0 bridgehead atoms. The zero-order valence-corrected chi connectivity index (χ0v) is 66.1. The van der Waals surface area contributed by atoms with E-state index >= 15 is 0 Å². The number of benzene rings is 3. The van der Waals surface area contributed by atoms with E-state index in [1.165, 1.54) is 24.5 Å². The SMILES string of the molecule is CC(C)(C)OC(=O)NC(=N)c1ccc(C(=O)NC2CCC3(CC2)CN(CC(=O)O)C(=O)O3)cc1.N#Cc1ccc(C(=O)NC2CCC3(CC2)CN(CC(=O)O)C(=O)O3)cc1.N=C(N)c1ccc(C(=O)NC2CCC3(CC2)CN(CC(=O)O)C(=O)O3)cc1.NC1CCC2(CC1)CN(CC(=O)O)C(=O)O2.O=C(O)CN1CC2(CCC(=O)CC2)OC1=O. The van der Waals surface area contributed by atoms with Crippen LogP contribution in [0.3, 0.4) is 0 Å². The summed E-state index contributed by atoms with van der Waals surface area (Å²) >= 11 is 0. The molecule has 5 spiro atoms. The second kappa shape index (κ2) is 38.6. The lowest BCUT2D eigenvalue weighted by Gasteiger charge is -2.35. The largest absolute Gasteiger partial charge is 0.480 e. The molecule has 5 heterocycles. The number of aliphatic carboxylic acids is 5. The van der Waals surface area contributed by atoms with Gasteiger partial charge in [-0.1, -0.05) is 24.3 Å². The molecule has 5 saturated carbocycles. The van der Waals surface area contributed by atoms with Crippen molar-refractivity contribution in [1.82, 2.24) is 45.8 Å². The second-order valence-electron chi connectivity index (χ2n) is 32.4. The Balaban J connectivity index is 0.000000174. The van der Waals surface area contributed by atoms with Gasteiger partial charge in [-0.3, -0.25) is 83.8 Å². The second-order valence-corrected chi connectivity index (χ2v) is 32.4. The summed E-state index contributed by atoms with van der Waals surface area (Å²) < 4.78 is 32.1. The molecular formula is C79H100N14O26. The molecule has 0 aromatic heterocycles. The molecule has 40 nitrogen and oxygen atoms in total. The fraction of sp³-hybridized carbons (Fsp3) is 0.544. The Kier molecular flexibility index (Phi) is 29.3. The fourth-order valence-electron chi connectivity index (χ4n) is 15.8. The molecule has 40 heteroatoms. The third kappa shape index (κ3) is 25.4. The van der Waals surface area contributed by atoms with Gasteiger partial charge < -0.3 is 81.4 Å². The first-order chi connectivity index (χ1) is 56.1. The first-order valence-corrected chi connectivity index (χ1v) is 38.9. The normalized spacial score (nSPS) is 25.1. The minimum atomic E-state index is -1.09. The Labute approximate surface area is 682 Å². The number of rotatable bonds is 18. The van der Waals surface area contributed by atoms with Crippen molar-refractivity contribution >= 4 is 102 Å². The number of nitriles is 1. The van der Waals surface area contributed by atoms with E-state index in [1.54, 1.807) is 93.6 Å². The van der Waals surface area contributed by atoms with Crippen LogP contribution in [0.2, 0.25) is 0 Å². The fourth-order valence-corrected chi connectivity index (χ4v) is 15.8. The molecule has 10 fully saturated rings. The van der Waals surface area contributed by atoms with Crippen molar-refractivity contribution in [1.29, 1.82) is 16.1 Å². The van der Waals surface area contributed by atoms with Crippen LogP contribution in [0.15, 0.2) is 72.8 Å². The summed E-state index contributed by atoms with van der Waals surface area (Å²) in [5, 5.41) is 79.3. The molecule has 10 aliphatic rings. The summed E-state index contributed by atoms with van der Waals surface area (Å²) in [4.78, 5) is 178. The van der Waals surface area contributed by atoms with Gasteiger partial charge in [0.05, 0.1) is 44.4 Å². The quantitative estimate of drug-likeness (QED) is 0.0426. The molecule has 119 heavy (non-hydrogen) atoms. The summed E-state index contributed by atoms with van der Waals surface area (Å²) in [6.07, 6.45) is 8.48. The maximum Gasteiger partial charge on any atom is 0.413 e. The van der Waals surface area contributed by atoms with E-state index in [4.69, 9.17) is 81.5 Å². The van der Waals surface area contributed by atoms with Gasteiger partial charge in [0.25, 0.3) is 17.7 Å². The number of nitrogens with two attached hydrogens (primary N) is 2. The molecule has 0 atom stereocenters. The van der Waals surface area contributed by atoms with Gasteiger partial charge in [0.2, 0.25) is 0 Å². The van der Waals surface area contributed by atoms with E-state index in [2.05, 4.69) is 21.3 Å². The lowest BCUT2D eigenvalue weighted by Crippen LogP contribution is -2.45. The van der Waals surface area contributed by atoms with Crippen molar-refractivity contribution in [2.75, 3.05) is 65.4 Å². The van der Waals surface area contributed by atoms with Crippen molar-refractivity contribution in [3.05, 3.63) is 106 Å². The van der Waals surface area contributed by atoms with Gasteiger partial charge in [-0.15, -0.1) is 0 Å². The van der Waals surface area contributed by atoms with Gasteiger partial charge in [0.15, 0.2) is 0 Å². The standard InChI is InChI=1S/C23H30N4O7.C18H22N4O5.C18H19N3O5.C10H16N2O4.C10H13NO5/c1-22(2,3)33-20(31)26-18(24)14-4-6-15(7-5-14)19(30)25-16-8-10-23(11-9-16)13-27(12-17(28)29)21(32)34-23;19-15(20)11-1-3-12(4-2-11)16(25)21-13-5-7-18(8-6-13)10-22(9-14(23)24)17(26)27-18;19-9-12-1-3-13(4-2-12)16(24)20-14-5-7-18(8-6-14)11-21(10-15(22)23)17(25)26-18;11-7-1-3-10(4-2-7)6-12(5-8(13)14)9(15)16-10;12-7-1-3-10(4-2-7)6-11(5-8(13)14)9(15)16-10/h4-7,16H,8-13H2,1-3H3,(H,25,30)(H,28,29)(H2,24,26,31);1-4,13H,5-10H2,(H3,19,20)(H,21,25)(H,23,24);1-4,14H,5-8,10-11H2,(H,20,24)(H,22,23);7H,1-6,11H2,(H,13,14);1-6H2,(H,13,14). The average molecular weight is 1660 g/mol. The molecule has 9 amide bonds. The van der Waals surface area contributed by atoms with Crippen LogP contribution in [0.5, 0.6) is 0 Å². The van der Waals surface area contributed by atoms with E-state index in [-0.39, 0.29) is 118 Å². The number of amides is 9. The molecule has 5 aliphatic heterocycles. The summed E-state index contributed by atoms with van der Waals surface area (Å²) in [5.74, 6) is -5.98. The number of hydrogen-bond donors (Lipinski definition) is 13. The highest BCUT2D eigenvalue weighted by molar-refractivity contribution is 6.05. The van der Waals surface area contributed by atoms with Crippen molar-refractivity contribution in [3.8, 4) is 6.07 Å². The van der Waals surface area contributed by atoms with E-state index in [0.717, 1.165) is 25.7 Å². The molecule has 642 valence electrons. The number of carboxylic acids is 5. The van der Waals surface area contributed by atoms with Gasteiger partial charge >= 0.3 is 66.4 Å². The number of nitrogen functional groups attached to an aromatic ring is 1. The van der Waals surface area contributed by atoms with E-state index in [9.17, 15) is 71.9 Å². The van der Waals surface area contributed by atoms with Crippen LogP contribution in [-0.4, -0.2) is 275 Å². The van der Waals surface area contributed by atoms with Crippen LogP contribution in [0.4, 0.5) is 28.8 Å². The lowest BCUT2D eigenvalue weighted by atomic mass is 9.82. The number of nitrogens with one attached hydrogen (secondary N) is 6. The van der Waals surface area contributed by atoms with Crippen molar-refractivity contribution in [2.45, 2.75) is 207 Å². The number of ketones is 1. The summed E-state index contributed by atoms with van der Waals surface area (Å²) in [6, 6.07) is 21.2. The van der Waals surface area contributed by atoms with Crippen LogP contribution < -0.4 is 32.7 Å². The smallest absolute Gasteiger partial charge is 0.413 e. The number of carbonyl (C=O) groups excluding carboxylic acids is 10. The number of Topliss-reactive ketones (excluding diaryl/α,β-unsaturated/α-hetero) is 1. The Hall–Kier alpha value is -12.7. The number of hydrogen-bond acceptors (Lipinski definition) is 25. The maximum atomic E-state index is 12.7. The molecule has 0 radical (unpaired) electrons.